The Hall–Kier alpha value is -1.13. The van der Waals surface area contributed by atoms with Crippen LogP contribution in [-0.2, 0) is 0 Å². The summed E-state index contributed by atoms with van der Waals surface area (Å²) in [5.74, 6) is -1.09. The van der Waals surface area contributed by atoms with E-state index in [0.29, 0.717) is 12.0 Å². The molecule has 0 aliphatic carbocycles. The number of aliphatic hydroxyl groups is 1. The van der Waals surface area contributed by atoms with E-state index < -0.39 is 17.6 Å². The number of aryl methyl sites for hydroxylation is 1. The predicted molar refractivity (Wildman–Crippen MR) is 51.4 cm³/mol. The standard InChI is InChI=1S/C10H14FNO2/c1-6-2-3-7(11)10(14)9(6)8(12)4-5-13/h2-3,8,13-14H,4-5,12H2,1H3/t8-/m0/s1. The summed E-state index contributed by atoms with van der Waals surface area (Å²) in [5.41, 5.74) is 6.79. The quantitative estimate of drug-likeness (QED) is 0.685. The van der Waals surface area contributed by atoms with Crippen molar-refractivity contribution >= 4 is 0 Å². The first kappa shape index (κ1) is 10.9. The summed E-state index contributed by atoms with van der Waals surface area (Å²) in [5, 5.41) is 18.1. The lowest BCUT2D eigenvalue weighted by atomic mass is 9.98. The summed E-state index contributed by atoms with van der Waals surface area (Å²) in [7, 11) is 0. The van der Waals surface area contributed by atoms with Gasteiger partial charge in [0.25, 0.3) is 0 Å². The third-order valence-electron chi connectivity index (χ3n) is 2.20. The molecule has 4 N–H and O–H groups in total. The van der Waals surface area contributed by atoms with Crippen LogP contribution >= 0.6 is 0 Å². The molecular formula is C10H14FNO2. The molecular weight excluding hydrogens is 185 g/mol. The number of benzene rings is 1. The molecule has 3 nitrogen and oxygen atoms in total. The summed E-state index contributed by atoms with van der Waals surface area (Å²) < 4.78 is 13.0. The normalized spacial score (nSPS) is 12.9. The van der Waals surface area contributed by atoms with Crippen LogP contribution in [0.3, 0.4) is 0 Å². The molecule has 0 saturated heterocycles. The van der Waals surface area contributed by atoms with Gasteiger partial charge >= 0.3 is 0 Å². The van der Waals surface area contributed by atoms with E-state index in [0.717, 1.165) is 5.56 Å². The largest absolute Gasteiger partial charge is 0.505 e. The monoisotopic (exact) mass is 199 g/mol. The fourth-order valence-electron chi connectivity index (χ4n) is 1.43. The first-order valence-corrected chi connectivity index (χ1v) is 4.42. The molecule has 1 atom stereocenters. The maximum absolute atomic E-state index is 13.0. The van der Waals surface area contributed by atoms with E-state index in [2.05, 4.69) is 0 Å². The minimum Gasteiger partial charge on any atom is -0.505 e. The molecule has 1 aromatic rings. The average molecular weight is 199 g/mol. The van der Waals surface area contributed by atoms with Crippen LogP contribution in [0.25, 0.3) is 0 Å². The van der Waals surface area contributed by atoms with E-state index in [9.17, 15) is 9.50 Å². The van der Waals surface area contributed by atoms with Crippen molar-refractivity contribution in [1.29, 1.82) is 0 Å². The van der Waals surface area contributed by atoms with E-state index in [1.165, 1.54) is 6.07 Å². The van der Waals surface area contributed by atoms with Crippen LogP contribution in [0.1, 0.15) is 23.6 Å². The molecule has 78 valence electrons. The third kappa shape index (κ3) is 2.02. The molecule has 0 radical (unpaired) electrons. The van der Waals surface area contributed by atoms with Crippen LogP contribution in [0.15, 0.2) is 12.1 Å². The first-order chi connectivity index (χ1) is 6.57. The maximum Gasteiger partial charge on any atom is 0.165 e. The molecule has 4 heteroatoms. The minimum atomic E-state index is -0.681. The van der Waals surface area contributed by atoms with Crippen molar-refractivity contribution in [2.24, 2.45) is 5.73 Å². The van der Waals surface area contributed by atoms with Gasteiger partial charge in [-0.1, -0.05) is 6.07 Å². The van der Waals surface area contributed by atoms with Crippen molar-refractivity contribution in [1.82, 2.24) is 0 Å². The Morgan fingerprint density at radius 3 is 2.71 bits per heavy atom. The van der Waals surface area contributed by atoms with Crippen molar-refractivity contribution in [3.05, 3.63) is 29.1 Å². The molecule has 1 aromatic carbocycles. The zero-order chi connectivity index (χ0) is 10.7. The molecule has 0 spiro atoms. The van der Waals surface area contributed by atoms with Gasteiger partial charge in [0.05, 0.1) is 0 Å². The average Bonchev–Trinajstić information content (AvgIpc) is 2.13. The summed E-state index contributed by atoms with van der Waals surface area (Å²) in [6.07, 6.45) is 0.303. The van der Waals surface area contributed by atoms with Gasteiger partial charge in [0.15, 0.2) is 11.6 Å². The number of nitrogens with two attached hydrogens (primary N) is 1. The van der Waals surface area contributed by atoms with Crippen molar-refractivity contribution in [3.8, 4) is 5.75 Å². The van der Waals surface area contributed by atoms with Gasteiger partial charge in [-0.2, -0.15) is 0 Å². The lowest BCUT2D eigenvalue weighted by Crippen LogP contribution is -2.14. The Morgan fingerprint density at radius 2 is 2.14 bits per heavy atom. The Labute approximate surface area is 82.0 Å². The van der Waals surface area contributed by atoms with Gasteiger partial charge < -0.3 is 15.9 Å². The summed E-state index contributed by atoms with van der Waals surface area (Å²) in [6, 6.07) is 2.22. The SMILES string of the molecule is Cc1ccc(F)c(O)c1[C@@H](N)CCO. The number of halogens is 1. The van der Waals surface area contributed by atoms with E-state index in [1.807, 2.05) is 0 Å². The molecule has 0 unspecified atom stereocenters. The molecule has 0 amide bonds. The lowest BCUT2D eigenvalue weighted by molar-refractivity contribution is 0.275. The molecule has 0 aliphatic rings. The molecule has 0 aromatic heterocycles. The van der Waals surface area contributed by atoms with E-state index in [4.69, 9.17) is 10.8 Å². The minimum absolute atomic E-state index is 0.0867. The second-order valence-electron chi connectivity index (χ2n) is 3.25. The fourth-order valence-corrected chi connectivity index (χ4v) is 1.43. The van der Waals surface area contributed by atoms with Gasteiger partial charge in [-0.3, -0.25) is 0 Å². The molecule has 0 saturated carbocycles. The highest BCUT2D eigenvalue weighted by atomic mass is 19.1. The van der Waals surface area contributed by atoms with Crippen LogP contribution < -0.4 is 5.73 Å². The van der Waals surface area contributed by atoms with Gasteiger partial charge in [0.2, 0.25) is 0 Å². The number of aliphatic hydroxyl groups excluding tert-OH is 1. The van der Waals surface area contributed by atoms with Crippen molar-refractivity contribution < 1.29 is 14.6 Å². The second-order valence-corrected chi connectivity index (χ2v) is 3.25. The molecule has 0 heterocycles. The molecule has 0 bridgehead atoms. The number of phenolic OH excluding ortho intramolecular Hbond substituents is 1. The lowest BCUT2D eigenvalue weighted by Gasteiger charge is -2.15. The third-order valence-corrected chi connectivity index (χ3v) is 2.20. The summed E-state index contributed by atoms with van der Waals surface area (Å²) >= 11 is 0. The number of hydrogen-bond donors (Lipinski definition) is 3. The number of aromatic hydroxyl groups is 1. The van der Waals surface area contributed by atoms with Gasteiger partial charge in [-0.05, 0) is 25.0 Å². The fraction of sp³-hybridized carbons (Fsp3) is 0.400. The summed E-state index contributed by atoms with van der Waals surface area (Å²) in [6.45, 7) is 1.66. The molecule has 0 aliphatic heterocycles. The molecule has 14 heavy (non-hydrogen) atoms. The van der Waals surface area contributed by atoms with Crippen molar-refractivity contribution in [2.45, 2.75) is 19.4 Å². The van der Waals surface area contributed by atoms with E-state index in [-0.39, 0.29) is 6.61 Å². The van der Waals surface area contributed by atoms with Crippen LogP contribution in [0.2, 0.25) is 0 Å². The Bertz CT molecular complexity index is 328. The van der Waals surface area contributed by atoms with Crippen LogP contribution in [0.4, 0.5) is 4.39 Å². The van der Waals surface area contributed by atoms with Gasteiger partial charge in [-0.15, -0.1) is 0 Å². The van der Waals surface area contributed by atoms with Crippen molar-refractivity contribution in [2.75, 3.05) is 6.61 Å². The Morgan fingerprint density at radius 1 is 1.50 bits per heavy atom. The number of rotatable bonds is 3. The zero-order valence-corrected chi connectivity index (χ0v) is 8.00. The highest BCUT2D eigenvalue weighted by Gasteiger charge is 2.16. The molecule has 1 rings (SSSR count). The first-order valence-electron chi connectivity index (χ1n) is 4.42. The van der Waals surface area contributed by atoms with Gasteiger partial charge in [-0.25, -0.2) is 4.39 Å². The highest BCUT2D eigenvalue weighted by molar-refractivity contribution is 5.41. The van der Waals surface area contributed by atoms with Crippen LogP contribution in [0, 0.1) is 12.7 Å². The van der Waals surface area contributed by atoms with E-state index in [1.54, 1.807) is 13.0 Å². The molecule has 0 fully saturated rings. The Balaban J connectivity index is 3.11. The van der Waals surface area contributed by atoms with E-state index >= 15 is 0 Å². The number of hydrogen-bond acceptors (Lipinski definition) is 3. The second kappa shape index (κ2) is 4.39. The van der Waals surface area contributed by atoms with Gasteiger partial charge in [0.1, 0.15) is 0 Å². The van der Waals surface area contributed by atoms with Crippen molar-refractivity contribution in [3.63, 3.8) is 0 Å². The zero-order valence-electron chi connectivity index (χ0n) is 8.00. The maximum atomic E-state index is 13.0. The topological polar surface area (TPSA) is 66.5 Å². The number of phenols is 1. The predicted octanol–water partition coefficient (Wildman–Crippen LogP) is 1.22. The van der Waals surface area contributed by atoms with Gasteiger partial charge in [0, 0.05) is 18.2 Å². The Kier molecular flexibility index (Phi) is 3.43. The smallest absolute Gasteiger partial charge is 0.165 e. The highest BCUT2D eigenvalue weighted by Crippen LogP contribution is 2.30. The van der Waals surface area contributed by atoms with Crippen LogP contribution in [0.5, 0.6) is 5.75 Å². The summed E-state index contributed by atoms with van der Waals surface area (Å²) in [4.78, 5) is 0. The van der Waals surface area contributed by atoms with Crippen LogP contribution in [-0.4, -0.2) is 16.8 Å².